The Labute approximate surface area is 290 Å². The first-order valence-corrected chi connectivity index (χ1v) is 17.4. The van der Waals surface area contributed by atoms with Gasteiger partial charge in [0, 0.05) is 39.3 Å². The first-order chi connectivity index (χ1) is 23.5. The summed E-state index contributed by atoms with van der Waals surface area (Å²) in [6.07, 6.45) is -9.89. The molecule has 0 unspecified atom stereocenters. The lowest BCUT2D eigenvalue weighted by Gasteiger charge is -2.40. The van der Waals surface area contributed by atoms with E-state index in [0.29, 0.717) is 39.9 Å². The molecule has 0 spiro atoms. The molecule has 1 N–H and O–H groups in total. The number of sulfonamides is 1. The minimum atomic E-state index is -4.99. The van der Waals surface area contributed by atoms with Gasteiger partial charge in [0.1, 0.15) is 22.2 Å². The lowest BCUT2D eigenvalue weighted by Crippen LogP contribution is -2.60. The van der Waals surface area contributed by atoms with Crippen LogP contribution in [0.1, 0.15) is 19.4 Å². The van der Waals surface area contributed by atoms with Gasteiger partial charge in [0.15, 0.2) is 16.6 Å². The van der Waals surface area contributed by atoms with E-state index < -0.39 is 51.1 Å². The second kappa shape index (κ2) is 14.6. The van der Waals surface area contributed by atoms with Gasteiger partial charge in [0.05, 0.1) is 4.90 Å². The maximum Gasteiger partial charge on any atom is 0.573 e. The number of piperazine rings is 1. The van der Waals surface area contributed by atoms with Crippen molar-refractivity contribution in [2.45, 2.75) is 44.1 Å². The number of amides is 1. The molecule has 1 aliphatic heterocycles. The fourth-order valence-electron chi connectivity index (χ4n) is 5.14. The first-order valence-electron chi connectivity index (χ1n) is 14.8. The van der Waals surface area contributed by atoms with E-state index in [4.69, 9.17) is 11.6 Å². The highest BCUT2D eigenvalue weighted by molar-refractivity contribution is 7.89. The molecule has 3 heterocycles. The number of thiazole rings is 1. The number of rotatable bonds is 11. The molecule has 12 nitrogen and oxygen atoms in total. The zero-order chi connectivity index (χ0) is 36.4. The smallest absolute Gasteiger partial charge is 0.406 e. The summed E-state index contributed by atoms with van der Waals surface area (Å²) in [5.41, 5.74) is 0.690. The van der Waals surface area contributed by atoms with Gasteiger partial charge in [-0.05, 0) is 67.4 Å². The maximum atomic E-state index is 13.9. The predicted octanol–water partition coefficient (Wildman–Crippen LogP) is 5.58. The van der Waals surface area contributed by atoms with Gasteiger partial charge >= 0.3 is 12.7 Å². The fraction of sp³-hybridized carbons (Fsp3) is 0.379. The third-order valence-corrected chi connectivity index (χ3v) is 10.6. The molecule has 1 amide bonds. The lowest BCUT2D eigenvalue weighted by molar-refractivity contribution is -0.275. The van der Waals surface area contributed by atoms with E-state index in [-0.39, 0.29) is 31.5 Å². The van der Waals surface area contributed by atoms with Gasteiger partial charge in [-0.2, -0.15) is 19.3 Å². The summed E-state index contributed by atoms with van der Waals surface area (Å²) in [6.45, 7) is 4.58. The Hall–Kier alpha value is -4.14. The van der Waals surface area contributed by atoms with Crippen LogP contribution in [-0.4, -0.2) is 85.1 Å². The molecule has 0 saturated carbocycles. The van der Waals surface area contributed by atoms with Crippen molar-refractivity contribution >= 4 is 60.2 Å². The van der Waals surface area contributed by atoms with Gasteiger partial charge in [0.25, 0.3) is 0 Å². The van der Waals surface area contributed by atoms with Gasteiger partial charge < -0.3 is 24.6 Å². The number of alkyl halides is 6. The van der Waals surface area contributed by atoms with Crippen LogP contribution in [0.25, 0.3) is 10.3 Å². The van der Waals surface area contributed by atoms with Crippen LogP contribution >= 0.6 is 22.9 Å². The Kier molecular flexibility index (Phi) is 10.8. The summed E-state index contributed by atoms with van der Waals surface area (Å²) in [7, 11) is -4.48. The summed E-state index contributed by atoms with van der Waals surface area (Å²) in [5, 5.41) is 3.15. The van der Waals surface area contributed by atoms with E-state index in [0.717, 1.165) is 40.7 Å². The Balaban J connectivity index is 1.45. The van der Waals surface area contributed by atoms with Crippen molar-refractivity contribution in [3.05, 3.63) is 59.4 Å². The molecule has 270 valence electrons. The highest BCUT2D eigenvalue weighted by Crippen LogP contribution is 2.36. The van der Waals surface area contributed by atoms with E-state index in [2.05, 4.69) is 29.7 Å². The number of carbonyl (C=O) groups excluding carboxylic acids is 1. The predicted molar refractivity (Wildman–Crippen MR) is 172 cm³/mol. The topological polar surface area (TPSA) is 130 Å². The van der Waals surface area contributed by atoms with Gasteiger partial charge in [-0.15, -0.1) is 26.3 Å². The number of halogens is 7. The van der Waals surface area contributed by atoms with Crippen LogP contribution in [0.2, 0.25) is 5.28 Å². The SMILES string of the molecule is CCN(CC)c1nc2nc(Cl)nc(N3CCN(S(=O)(=O)c4ccc(OC(F)(F)F)cc4)[C@@H](C(=O)NCc4ccc(OC(F)(F)F)cc4)C3)c2s1. The van der Waals surface area contributed by atoms with E-state index in [9.17, 15) is 39.6 Å². The molecule has 21 heteroatoms. The molecule has 1 aliphatic rings. The minimum absolute atomic E-state index is 0.0277. The second-order valence-electron chi connectivity index (χ2n) is 10.6. The summed E-state index contributed by atoms with van der Waals surface area (Å²) in [6, 6.07) is 6.85. The van der Waals surface area contributed by atoms with Crippen LogP contribution in [0.5, 0.6) is 11.5 Å². The minimum Gasteiger partial charge on any atom is -0.406 e. The van der Waals surface area contributed by atoms with Crippen molar-refractivity contribution in [1.82, 2.24) is 24.6 Å². The molecule has 2 aromatic heterocycles. The van der Waals surface area contributed by atoms with Gasteiger partial charge in [-0.25, -0.2) is 8.42 Å². The molecular formula is C29H28ClF6N7O5S2. The number of benzene rings is 2. The van der Waals surface area contributed by atoms with E-state index >= 15 is 0 Å². The number of carbonyl (C=O) groups is 1. The molecule has 0 bridgehead atoms. The van der Waals surface area contributed by atoms with Crippen molar-refractivity contribution < 1.29 is 49.0 Å². The number of fused-ring (bicyclic) bond motifs is 1. The number of nitrogens with zero attached hydrogens (tertiary/aromatic N) is 6. The van der Waals surface area contributed by atoms with Crippen molar-refractivity contribution in [2.75, 3.05) is 42.5 Å². The molecule has 2 aromatic carbocycles. The van der Waals surface area contributed by atoms with Gasteiger partial charge in [-0.3, -0.25) is 4.79 Å². The third kappa shape index (κ3) is 8.77. The summed E-state index contributed by atoms with van der Waals surface area (Å²) >= 11 is 7.56. The zero-order valence-electron chi connectivity index (χ0n) is 26.1. The second-order valence-corrected chi connectivity index (χ2v) is 13.9. The molecule has 4 aromatic rings. The number of hydrogen-bond acceptors (Lipinski definition) is 11. The van der Waals surface area contributed by atoms with Crippen LogP contribution in [0, 0.1) is 0 Å². The van der Waals surface area contributed by atoms with Crippen molar-refractivity contribution in [2.24, 2.45) is 0 Å². The van der Waals surface area contributed by atoms with Gasteiger partial charge in [-0.1, -0.05) is 23.5 Å². The zero-order valence-corrected chi connectivity index (χ0v) is 28.5. The number of nitrogens with one attached hydrogen (secondary N) is 1. The number of hydrogen-bond donors (Lipinski definition) is 1. The molecule has 1 saturated heterocycles. The number of aromatic nitrogens is 3. The average Bonchev–Trinajstić information content (AvgIpc) is 3.46. The van der Waals surface area contributed by atoms with Crippen LogP contribution in [0.15, 0.2) is 53.4 Å². The highest BCUT2D eigenvalue weighted by atomic mass is 35.5. The van der Waals surface area contributed by atoms with Crippen LogP contribution in [0.3, 0.4) is 0 Å². The molecule has 0 radical (unpaired) electrons. The van der Waals surface area contributed by atoms with Crippen LogP contribution in [-0.2, 0) is 21.4 Å². The summed E-state index contributed by atoms with van der Waals surface area (Å²) in [4.78, 5) is 30.2. The normalized spacial score (nSPS) is 16.0. The Bertz CT molecular complexity index is 1930. The fourth-order valence-corrected chi connectivity index (χ4v) is 8.02. The van der Waals surface area contributed by atoms with E-state index in [1.165, 1.54) is 23.5 Å². The molecule has 0 aliphatic carbocycles. The monoisotopic (exact) mass is 767 g/mol. The maximum absolute atomic E-state index is 13.9. The number of ether oxygens (including phenoxy) is 2. The quantitative estimate of drug-likeness (QED) is 0.153. The van der Waals surface area contributed by atoms with Crippen molar-refractivity contribution in [1.29, 1.82) is 0 Å². The van der Waals surface area contributed by atoms with E-state index in [1.807, 2.05) is 18.7 Å². The number of anilines is 2. The molecule has 1 atom stereocenters. The highest BCUT2D eigenvalue weighted by Gasteiger charge is 2.41. The lowest BCUT2D eigenvalue weighted by atomic mass is 10.1. The third-order valence-electron chi connectivity index (χ3n) is 7.45. The standard InChI is InChI=1S/C29H28ClF6N7O5S2/c1-3-41(4-2)27-39-23-22(49-27)24(40-26(30)38-23)42-13-14-43(50(45,46)20-11-9-19(10-12-20)48-29(34,35)36)21(16-42)25(44)37-15-17-5-7-18(8-6-17)47-28(31,32)33/h5-12,21H,3-4,13-16H2,1-2H3,(H,37,44)/t21-/m1/s1. The largest absolute Gasteiger partial charge is 0.573 e. The summed E-state index contributed by atoms with van der Waals surface area (Å²) in [5.74, 6) is -1.56. The molecule has 1 fully saturated rings. The van der Waals surface area contributed by atoms with Crippen molar-refractivity contribution in [3.63, 3.8) is 0 Å². The van der Waals surface area contributed by atoms with Gasteiger partial charge in [0.2, 0.25) is 21.2 Å². The van der Waals surface area contributed by atoms with Crippen molar-refractivity contribution in [3.8, 4) is 11.5 Å². The van der Waals surface area contributed by atoms with Crippen LogP contribution < -0.4 is 24.6 Å². The summed E-state index contributed by atoms with van der Waals surface area (Å²) < 4.78 is 113. The van der Waals surface area contributed by atoms with E-state index in [1.54, 1.807) is 4.90 Å². The Morgan fingerprint density at radius 1 is 0.940 bits per heavy atom. The molecular weight excluding hydrogens is 740 g/mol. The Morgan fingerprint density at radius 2 is 1.52 bits per heavy atom. The average molecular weight is 768 g/mol. The molecule has 5 rings (SSSR count). The first kappa shape index (κ1) is 37.1. The molecule has 50 heavy (non-hydrogen) atoms. The Morgan fingerprint density at radius 3 is 2.08 bits per heavy atom. The van der Waals surface area contributed by atoms with Crippen LogP contribution in [0.4, 0.5) is 37.3 Å².